The molecule has 1 aromatic rings. The highest BCUT2D eigenvalue weighted by molar-refractivity contribution is 5.28. The van der Waals surface area contributed by atoms with Gasteiger partial charge in [0.05, 0.1) is 0 Å². The molecule has 1 saturated heterocycles. The maximum absolute atomic E-state index is 3.76. The van der Waals surface area contributed by atoms with Crippen molar-refractivity contribution >= 4 is 0 Å². The van der Waals surface area contributed by atoms with Gasteiger partial charge in [-0.05, 0) is 45.4 Å². The fraction of sp³-hybridized carbons (Fsp3) is 0.600. The van der Waals surface area contributed by atoms with E-state index in [2.05, 4.69) is 62.3 Å². The molecule has 1 N–H and O–H groups in total. The van der Waals surface area contributed by atoms with E-state index >= 15 is 0 Å². The predicted octanol–water partition coefficient (Wildman–Crippen LogP) is 2.74. The number of nitrogens with one attached hydrogen (secondary N) is 1. The van der Waals surface area contributed by atoms with Gasteiger partial charge in [0, 0.05) is 24.7 Å². The standard InChI is InChI=1S/C15H24N2/c1-11-7-5-6-8-15(11)13(3)16-14-9-12(2)17(4)10-14/h5-8,12-14,16H,9-10H2,1-4H3/t12?,13-,14?/m0/s1. The number of hydrogen-bond acceptors (Lipinski definition) is 2. The number of hydrogen-bond donors (Lipinski definition) is 1. The zero-order chi connectivity index (χ0) is 12.4. The normalized spacial score (nSPS) is 27.3. The quantitative estimate of drug-likeness (QED) is 0.862. The first-order chi connectivity index (χ1) is 8.08. The van der Waals surface area contributed by atoms with E-state index in [1.807, 2.05) is 0 Å². The number of benzene rings is 1. The maximum atomic E-state index is 3.76. The molecule has 2 nitrogen and oxygen atoms in total. The van der Waals surface area contributed by atoms with Crippen LogP contribution in [0.5, 0.6) is 0 Å². The second-order valence-electron chi connectivity index (χ2n) is 5.47. The molecule has 1 aliphatic rings. The van der Waals surface area contributed by atoms with Crippen molar-refractivity contribution in [2.45, 2.75) is 45.3 Å². The molecule has 1 aromatic carbocycles. The van der Waals surface area contributed by atoms with Crippen molar-refractivity contribution in [2.75, 3.05) is 13.6 Å². The Morgan fingerprint density at radius 1 is 1.35 bits per heavy atom. The first-order valence-corrected chi connectivity index (χ1v) is 6.59. The van der Waals surface area contributed by atoms with E-state index < -0.39 is 0 Å². The van der Waals surface area contributed by atoms with Crippen LogP contribution < -0.4 is 5.32 Å². The highest BCUT2D eigenvalue weighted by Gasteiger charge is 2.27. The van der Waals surface area contributed by atoms with Crippen LogP contribution in [0.1, 0.15) is 37.4 Å². The molecule has 0 aromatic heterocycles. The molecule has 3 atom stereocenters. The molecule has 2 rings (SSSR count). The Hall–Kier alpha value is -0.860. The molecule has 1 fully saturated rings. The lowest BCUT2D eigenvalue weighted by atomic mass is 10.0. The molecule has 1 heterocycles. The van der Waals surface area contributed by atoms with Gasteiger partial charge in [0.2, 0.25) is 0 Å². The first kappa shape index (κ1) is 12.6. The van der Waals surface area contributed by atoms with Gasteiger partial charge >= 0.3 is 0 Å². The van der Waals surface area contributed by atoms with Crippen LogP contribution in [0.3, 0.4) is 0 Å². The Morgan fingerprint density at radius 2 is 2.06 bits per heavy atom. The Kier molecular flexibility index (Phi) is 3.85. The molecule has 0 amide bonds. The van der Waals surface area contributed by atoms with Crippen LogP contribution in [0.2, 0.25) is 0 Å². The lowest BCUT2D eigenvalue weighted by Crippen LogP contribution is -2.33. The summed E-state index contributed by atoms with van der Waals surface area (Å²) in [6.45, 7) is 7.93. The summed E-state index contributed by atoms with van der Waals surface area (Å²) in [4.78, 5) is 2.43. The molecule has 17 heavy (non-hydrogen) atoms. The van der Waals surface area contributed by atoms with Crippen molar-refractivity contribution in [1.29, 1.82) is 0 Å². The highest BCUT2D eigenvalue weighted by Crippen LogP contribution is 2.21. The van der Waals surface area contributed by atoms with E-state index in [9.17, 15) is 0 Å². The van der Waals surface area contributed by atoms with Gasteiger partial charge in [-0.2, -0.15) is 0 Å². The van der Waals surface area contributed by atoms with Crippen LogP contribution in [-0.2, 0) is 0 Å². The van der Waals surface area contributed by atoms with Gasteiger partial charge in [0.1, 0.15) is 0 Å². The van der Waals surface area contributed by atoms with Crippen LogP contribution in [0.15, 0.2) is 24.3 Å². The van der Waals surface area contributed by atoms with E-state index in [4.69, 9.17) is 0 Å². The number of aryl methyl sites for hydroxylation is 1. The summed E-state index contributed by atoms with van der Waals surface area (Å²) in [7, 11) is 2.21. The summed E-state index contributed by atoms with van der Waals surface area (Å²) < 4.78 is 0. The number of rotatable bonds is 3. The molecular formula is C15H24N2. The van der Waals surface area contributed by atoms with Gasteiger partial charge in [-0.25, -0.2) is 0 Å². The third-order valence-corrected chi connectivity index (χ3v) is 4.03. The van der Waals surface area contributed by atoms with Gasteiger partial charge in [-0.3, -0.25) is 0 Å². The molecule has 2 unspecified atom stereocenters. The van der Waals surface area contributed by atoms with Crippen molar-refractivity contribution in [2.24, 2.45) is 0 Å². The van der Waals surface area contributed by atoms with Crippen molar-refractivity contribution in [3.8, 4) is 0 Å². The molecule has 0 radical (unpaired) electrons. The Morgan fingerprint density at radius 3 is 2.65 bits per heavy atom. The zero-order valence-corrected chi connectivity index (χ0v) is 11.4. The predicted molar refractivity (Wildman–Crippen MR) is 73.2 cm³/mol. The molecule has 0 bridgehead atoms. The SMILES string of the molecule is Cc1ccccc1[C@H](C)NC1CC(C)N(C)C1. The summed E-state index contributed by atoms with van der Waals surface area (Å²) in [6, 6.07) is 10.4. The van der Waals surface area contributed by atoms with Gasteiger partial charge in [0.25, 0.3) is 0 Å². The summed E-state index contributed by atoms with van der Waals surface area (Å²) >= 11 is 0. The van der Waals surface area contributed by atoms with E-state index in [0.717, 1.165) is 6.54 Å². The Balaban J connectivity index is 1.98. The average Bonchev–Trinajstić information content (AvgIpc) is 2.58. The van der Waals surface area contributed by atoms with Gasteiger partial charge in [0.15, 0.2) is 0 Å². The van der Waals surface area contributed by atoms with Gasteiger partial charge in [-0.1, -0.05) is 24.3 Å². The minimum Gasteiger partial charge on any atom is -0.306 e. The van der Waals surface area contributed by atoms with Crippen LogP contribution in [0.4, 0.5) is 0 Å². The fourth-order valence-electron chi connectivity index (χ4n) is 2.83. The van der Waals surface area contributed by atoms with Crippen molar-refractivity contribution < 1.29 is 0 Å². The van der Waals surface area contributed by atoms with Crippen LogP contribution in [0.25, 0.3) is 0 Å². The second kappa shape index (κ2) is 5.19. The van der Waals surface area contributed by atoms with Crippen molar-refractivity contribution in [3.05, 3.63) is 35.4 Å². The second-order valence-corrected chi connectivity index (χ2v) is 5.47. The summed E-state index contributed by atoms with van der Waals surface area (Å²) in [5, 5.41) is 3.76. The monoisotopic (exact) mass is 232 g/mol. The molecule has 0 spiro atoms. The third-order valence-electron chi connectivity index (χ3n) is 4.03. The van der Waals surface area contributed by atoms with Gasteiger partial charge in [-0.15, -0.1) is 0 Å². The Labute approximate surface area is 105 Å². The lowest BCUT2D eigenvalue weighted by molar-refractivity contribution is 0.325. The average molecular weight is 232 g/mol. The van der Waals surface area contributed by atoms with Gasteiger partial charge < -0.3 is 10.2 Å². The van der Waals surface area contributed by atoms with Crippen LogP contribution in [-0.4, -0.2) is 30.6 Å². The highest BCUT2D eigenvalue weighted by atomic mass is 15.2. The largest absolute Gasteiger partial charge is 0.306 e. The molecule has 94 valence electrons. The number of likely N-dealkylation sites (tertiary alicyclic amines) is 1. The van der Waals surface area contributed by atoms with Crippen LogP contribution >= 0.6 is 0 Å². The van der Waals surface area contributed by atoms with E-state index in [1.54, 1.807) is 0 Å². The summed E-state index contributed by atoms with van der Waals surface area (Å²) in [5.74, 6) is 0. The minimum absolute atomic E-state index is 0.444. The summed E-state index contributed by atoms with van der Waals surface area (Å²) in [6.07, 6.45) is 1.26. The third kappa shape index (κ3) is 2.88. The smallest absolute Gasteiger partial charge is 0.0297 e. The van der Waals surface area contributed by atoms with E-state index in [1.165, 1.54) is 17.5 Å². The van der Waals surface area contributed by atoms with E-state index in [0.29, 0.717) is 18.1 Å². The summed E-state index contributed by atoms with van der Waals surface area (Å²) in [5.41, 5.74) is 2.81. The molecule has 0 saturated carbocycles. The van der Waals surface area contributed by atoms with E-state index in [-0.39, 0.29) is 0 Å². The first-order valence-electron chi connectivity index (χ1n) is 6.59. The fourth-order valence-corrected chi connectivity index (χ4v) is 2.83. The van der Waals surface area contributed by atoms with Crippen molar-refractivity contribution in [1.82, 2.24) is 10.2 Å². The van der Waals surface area contributed by atoms with Crippen LogP contribution in [0, 0.1) is 6.92 Å². The molecule has 2 heteroatoms. The molecule has 1 aliphatic heterocycles. The maximum Gasteiger partial charge on any atom is 0.0297 e. The number of nitrogens with zero attached hydrogens (tertiary/aromatic N) is 1. The minimum atomic E-state index is 0.444. The molecule has 0 aliphatic carbocycles. The van der Waals surface area contributed by atoms with Crippen molar-refractivity contribution in [3.63, 3.8) is 0 Å². The Bertz CT molecular complexity index is 365. The zero-order valence-electron chi connectivity index (χ0n) is 11.4. The molecular weight excluding hydrogens is 208 g/mol. The lowest BCUT2D eigenvalue weighted by Gasteiger charge is -2.21. The topological polar surface area (TPSA) is 15.3 Å². The number of likely N-dealkylation sites (N-methyl/N-ethyl adjacent to an activating group) is 1.